The van der Waals surface area contributed by atoms with Crippen molar-refractivity contribution < 1.29 is 5.11 Å². The van der Waals surface area contributed by atoms with Gasteiger partial charge in [0.15, 0.2) is 0 Å². The van der Waals surface area contributed by atoms with Gasteiger partial charge in [-0.05, 0) is 19.3 Å². The van der Waals surface area contributed by atoms with Crippen molar-refractivity contribution in [1.82, 2.24) is 0 Å². The van der Waals surface area contributed by atoms with Crippen LogP contribution in [0.15, 0.2) is 0 Å². The van der Waals surface area contributed by atoms with Crippen LogP contribution in [0.4, 0.5) is 0 Å². The molecule has 72 valence electrons. The molecule has 0 aliphatic heterocycles. The van der Waals surface area contributed by atoms with Crippen LogP contribution in [0.3, 0.4) is 0 Å². The van der Waals surface area contributed by atoms with Gasteiger partial charge in [-0.25, -0.2) is 0 Å². The van der Waals surface area contributed by atoms with Gasteiger partial charge < -0.3 is 5.11 Å². The highest BCUT2D eigenvalue weighted by atomic mass is 32.2. The fraction of sp³-hybridized carbons (Fsp3) is 1.00. The Morgan fingerprint density at radius 1 is 1.25 bits per heavy atom. The molecule has 1 nitrogen and oxygen atoms in total. The Morgan fingerprint density at radius 2 is 1.92 bits per heavy atom. The van der Waals surface area contributed by atoms with Crippen LogP contribution in [-0.4, -0.2) is 22.2 Å². The number of hydrogen-bond acceptors (Lipinski definition) is 2. The molecule has 1 saturated carbocycles. The minimum absolute atomic E-state index is 0.340. The summed E-state index contributed by atoms with van der Waals surface area (Å²) >= 11 is 1.99. The molecule has 1 aliphatic carbocycles. The lowest BCUT2D eigenvalue weighted by atomic mass is 9.86. The molecule has 0 spiro atoms. The first kappa shape index (κ1) is 10.4. The second-order valence-electron chi connectivity index (χ2n) is 3.67. The van der Waals surface area contributed by atoms with E-state index in [-0.39, 0.29) is 0 Å². The summed E-state index contributed by atoms with van der Waals surface area (Å²) in [7, 11) is 0. The standard InChI is InChI=1S/C10H20OS/c1-2-10(12-9-8-11)6-4-3-5-7-10/h11H,2-9H2,1H3. The Hall–Kier alpha value is 0.310. The lowest BCUT2D eigenvalue weighted by Crippen LogP contribution is -2.27. The molecule has 0 aromatic rings. The first-order chi connectivity index (χ1) is 5.83. The van der Waals surface area contributed by atoms with Gasteiger partial charge in [0.05, 0.1) is 6.61 Å². The van der Waals surface area contributed by atoms with Crippen LogP contribution in [0, 0.1) is 0 Å². The molecule has 0 amide bonds. The van der Waals surface area contributed by atoms with E-state index in [9.17, 15) is 0 Å². The highest BCUT2D eigenvalue weighted by Crippen LogP contribution is 2.42. The zero-order valence-electron chi connectivity index (χ0n) is 8.01. The Balaban J connectivity index is 2.37. The van der Waals surface area contributed by atoms with Crippen molar-refractivity contribution in [1.29, 1.82) is 0 Å². The summed E-state index contributed by atoms with van der Waals surface area (Å²) in [5.74, 6) is 0.924. The first-order valence-corrected chi connectivity index (χ1v) is 6.06. The van der Waals surface area contributed by atoms with Crippen LogP contribution in [0.1, 0.15) is 45.4 Å². The molecule has 0 atom stereocenters. The van der Waals surface area contributed by atoms with Gasteiger partial charge in [0.2, 0.25) is 0 Å². The van der Waals surface area contributed by atoms with Gasteiger partial charge in [0.1, 0.15) is 0 Å². The molecule has 0 heterocycles. The van der Waals surface area contributed by atoms with Gasteiger partial charge >= 0.3 is 0 Å². The smallest absolute Gasteiger partial charge is 0.0521 e. The normalized spacial score (nSPS) is 22.5. The van der Waals surface area contributed by atoms with Gasteiger partial charge in [-0.15, -0.1) is 0 Å². The van der Waals surface area contributed by atoms with E-state index in [4.69, 9.17) is 5.11 Å². The number of rotatable bonds is 4. The zero-order valence-corrected chi connectivity index (χ0v) is 8.83. The number of aliphatic hydroxyl groups is 1. The Labute approximate surface area is 79.9 Å². The molecule has 2 heteroatoms. The van der Waals surface area contributed by atoms with Gasteiger partial charge in [-0.2, -0.15) is 11.8 Å². The number of thioether (sulfide) groups is 1. The molecule has 1 fully saturated rings. The van der Waals surface area contributed by atoms with Crippen LogP contribution < -0.4 is 0 Å². The van der Waals surface area contributed by atoms with E-state index in [2.05, 4.69) is 6.92 Å². The fourth-order valence-corrected chi connectivity index (χ4v) is 3.36. The molecular weight excluding hydrogens is 168 g/mol. The predicted molar refractivity (Wildman–Crippen MR) is 55.7 cm³/mol. The summed E-state index contributed by atoms with van der Waals surface area (Å²) in [6, 6.07) is 0. The quantitative estimate of drug-likeness (QED) is 0.732. The van der Waals surface area contributed by atoms with E-state index < -0.39 is 0 Å². The molecule has 0 bridgehead atoms. The van der Waals surface area contributed by atoms with Crippen molar-refractivity contribution in [3.63, 3.8) is 0 Å². The summed E-state index contributed by atoms with van der Waals surface area (Å²) in [6.07, 6.45) is 8.22. The van der Waals surface area contributed by atoms with Crippen LogP contribution in [0.5, 0.6) is 0 Å². The zero-order chi connectivity index (χ0) is 8.86. The van der Waals surface area contributed by atoms with Crippen molar-refractivity contribution in [3.8, 4) is 0 Å². The summed E-state index contributed by atoms with van der Waals surface area (Å²) in [5, 5.41) is 8.79. The predicted octanol–water partition coefficient (Wildman–Crippen LogP) is 2.82. The lowest BCUT2D eigenvalue weighted by Gasteiger charge is -2.35. The molecule has 0 saturated heterocycles. The third-order valence-electron chi connectivity index (χ3n) is 2.91. The monoisotopic (exact) mass is 188 g/mol. The minimum Gasteiger partial charge on any atom is -0.396 e. The summed E-state index contributed by atoms with van der Waals surface area (Å²) in [4.78, 5) is 0. The van der Waals surface area contributed by atoms with E-state index >= 15 is 0 Å². The van der Waals surface area contributed by atoms with E-state index in [0.717, 1.165) is 5.75 Å². The second-order valence-corrected chi connectivity index (χ2v) is 5.23. The van der Waals surface area contributed by atoms with Crippen molar-refractivity contribution in [2.24, 2.45) is 0 Å². The Kier molecular flexibility index (Phi) is 4.44. The molecule has 12 heavy (non-hydrogen) atoms. The van der Waals surface area contributed by atoms with Crippen molar-refractivity contribution in [2.75, 3.05) is 12.4 Å². The molecule has 0 radical (unpaired) electrons. The summed E-state index contributed by atoms with van der Waals surface area (Å²) in [6.45, 7) is 2.63. The number of hydrogen-bond donors (Lipinski definition) is 1. The molecule has 0 aromatic carbocycles. The van der Waals surface area contributed by atoms with Crippen molar-refractivity contribution >= 4 is 11.8 Å². The summed E-state index contributed by atoms with van der Waals surface area (Å²) in [5.41, 5.74) is 0. The van der Waals surface area contributed by atoms with E-state index in [1.165, 1.54) is 38.5 Å². The highest BCUT2D eigenvalue weighted by Gasteiger charge is 2.29. The van der Waals surface area contributed by atoms with Gasteiger partial charge in [-0.3, -0.25) is 0 Å². The topological polar surface area (TPSA) is 20.2 Å². The van der Waals surface area contributed by atoms with Crippen molar-refractivity contribution in [3.05, 3.63) is 0 Å². The van der Waals surface area contributed by atoms with Crippen LogP contribution in [-0.2, 0) is 0 Å². The van der Waals surface area contributed by atoms with Crippen molar-refractivity contribution in [2.45, 2.75) is 50.2 Å². The SMILES string of the molecule is CCC1(SCCO)CCCCC1. The molecule has 1 N–H and O–H groups in total. The molecule has 0 aromatic heterocycles. The molecule has 1 aliphatic rings. The second kappa shape index (κ2) is 5.13. The third kappa shape index (κ3) is 2.67. The van der Waals surface area contributed by atoms with Gasteiger partial charge in [0.25, 0.3) is 0 Å². The van der Waals surface area contributed by atoms with Gasteiger partial charge in [-0.1, -0.05) is 26.2 Å². The average Bonchev–Trinajstić information content (AvgIpc) is 2.16. The average molecular weight is 188 g/mol. The maximum absolute atomic E-state index is 8.79. The van der Waals surface area contributed by atoms with Crippen LogP contribution >= 0.6 is 11.8 Å². The fourth-order valence-electron chi connectivity index (χ4n) is 2.06. The van der Waals surface area contributed by atoms with E-state index in [0.29, 0.717) is 11.4 Å². The van der Waals surface area contributed by atoms with E-state index in [1.54, 1.807) is 0 Å². The van der Waals surface area contributed by atoms with E-state index in [1.807, 2.05) is 11.8 Å². The lowest BCUT2D eigenvalue weighted by molar-refractivity contribution is 0.320. The Bertz CT molecular complexity index is 119. The number of aliphatic hydroxyl groups excluding tert-OH is 1. The van der Waals surface area contributed by atoms with Gasteiger partial charge in [0, 0.05) is 10.5 Å². The van der Waals surface area contributed by atoms with Crippen LogP contribution in [0.2, 0.25) is 0 Å². The molecule has 1 rings (SSSR count). The van der Waals surface area contributed by atoms with Crippen LogP contribution in [0.25, 0.3) is 0 Å². The minimum atomic E-state index is 0.340. The maximum atomic E-state index is 8.79. The molecular formula is C10H20OS. The summed E-state index contributed by atoms with van der Waals surface area (Å²) < 4.78 is 0.529. The highest BCUT2D eigenvalue weighted by molar-refractivity contribution is 8.00. The first-order valence-electron chi connectivity index (χ1n) is 5.08. The molecule has 0 unspecified atom stereocenters. The Morgan fingerprint density at radius 3 is 2.42 bits per heavy atom. The third-order valence-corrected chi connectivity index (χ3v) is 4.60. The maximum Gasteiger partial charge on any atom is 0.0521 e. The largest absolute Gasteiger partial charge is 0.396 e.